The maximum atomic E-state index is 12.6. The maximum Gasteiger partial charge on any atom is 0.327 e. The van der Waals surface area contributed by atoms with Gasteiger partial charge in [0.25, 0.3) is 5.69 Å². The van der Waals surface area contributed by atoms with E-state index in [1.165, 1.54) is 0 Å². The average molecular weight is 955 g/mol. The summed E-state index contributed by atoms with van der Waals surface area (Å²) in [6.07, 6.45) is 7.77. The number of hydrogen-bond donors (Lipinski definition) is 0. The van der Waals surface area contributed by atoms with Crippen molar-refractivity contribution in [2.45, 2.75) is 99.8 Å². The predicted octanol–water partition coefficient (Wildman–Crippen LogP) is 0.383. The molecule has 320 valence electrons. The summed E-state index contributed by atoms with van der Waals surface area (Å²) >= 11 is 0. The van der Waals surface area contributed by atoms with Crippen LogP contribution in [0, 0.1) is 17.0 Å². The Kier molecular flexibility index (Phi) is 24.4. The van der Waals surface area contributed by atoms with Crippen molar-refractivity contribution in [3.05, 3.63) is 123 Å². The minimum absolute atomic E-state index is 0. The molecule has 2 heterocycles. The number of pyridine rings is 2. The van der Waals surface area contributed by atoms with Crippen LogP contribution < -0.4 is 58.8 Å². The number of non-ortho nitro benzene ring substituents is 1. The van der Waals surface area contributed by atoms with Gasteiger partial charge in [-0.25, -0.2) is 9.15 Å². The fourth-order valence-corrected chi connectivity index (χ4v) is 7.14. The minimum atomic E-state index is -0.266. The van der Waals surface area contributed by atoms with Gasteiger partial charge in [0.15, 0.2) is 0 Å². The first-order chi connectivity index (χ1) is 24.8. The van der Waals surface area contributed by atoms with Crippen LogP contribution in [0.25, 0.3) is 22.3 Å². The van der Waals surface area contributed by atoms with Crippen molar-refractivity contribution in [1.29, 1.82) is 0 Å². The first-order valence-electron chi connectivity index (χ1n) is 18.4. The molecular formula is C45H53Cl4N5Ni2O2-2. The average Bonchev–Trinajstić information content (AvgIpc) is 3.12. The Morgan fingerprint density at radius 3 is 1.09 bits per heavy atom. The molecule has 0 aliphatic carbocycles. The topological polar surface area (TPSA) is 74.9 Å². The number of aromatic nitrogens is 2. The van der Waals surface area contributed by atoms with Crippen molar-refractivity contribution in [2.24, 2.45) is 0 Å². The van der Waals surface area contributed by atoms with Gasteiger partial charge in [0.2, 0.25) is 0 Å². The molecule has 0 atom stereocenters. The molecule has 7 nitrogen and oxygen atoms in total. The number of nitro groups is 1. The summed E-state index contributed by atoms with van der Waals surface area (Å²) in [6, 6.07) is 24.3. The summed E-state index contributed by atoms with van der Waals surface area (Å²) in [5.41, 5.74) is 11.6. The van der Waals surface area contributed by atoms with Crippen LogP contribution in [0.3, 0.4) is 0 Å². The number of halogens is 4. The number of nitro benzene ring substituents is 1. The van der Waals surface area contributed by atoms with Crippen molar-refractivity contribution >= 4 is 41.1 Å². The fourth-order valence-electron chi connectivity index (χ4n) is 7.14. The van der Waals surface area contributed by atoms with Gasteiger partial charge in [0.1, 0.15) is 23.8 Å². The SMILES string of the molecule is CC=[N+](c1ccccn1)c1c(C(C)C)cc(-c2cc([N+](=O)[O-])cc(-c3cc(C(C)C)c([N+](=CC)c4ccccn4)c(C(C)C)c3)c2C)cc1C(C)C.[Cl-].[Cl-].[Cl-].[Cl-].[Ni].[Ni]. The Balaban J connectivity index is 0. The summed E-state index contributed by atoms with van der Waals surface area (Å²) < 4.78 is 4.34. The van der Waals surface area contributed by atoms with Crippen LogP contribution >= 0.6 is 0 Å². The monoisotopic (exact) mass is 951 g/mol. The summed E-state index contributed by atoms with van der Waals surface area (Å²) in [4.78, 5) is 21.7. The standard InChI is InChI=1S/C45H53N5O2.4ClH.2Ni/c1-12-48(42-18-14-16-20-46-42)44-36(28(3)4)22-33(23-37(44)29(5)6)40-26-35(50(51)52)27-41(32(40)11)34-24-38(30(7)8)45(39(25-34)31(9)10)49(13-2)43-19-15-17-21-47-43;;;;;;/h12-31H,1-11H3;4*1H;;/q+2;;;;;;/p-4. The number of benzene rings is 3. The van der Waals surface area contributed by atoms with Crippen LogP contribution in [0.4, 0.5) is 28.7 Å². The van der Waals surface area contributed by atoms with E-state index in [9.17, 15) is 10.1 Å². The molecule has 0 saturated heterocycles. The first-order valence-corrected chi connectivity index (χ1v) is 18.4. The second-order valence-corrected chi connectivity index (χ2v) is 14.7. The van der Waals surface area contributed by atoms with Gasteiger partial charge in [-0.15, -0.1) is 0 Å². The Morgan fingerprint density at radius 1 is 0.552 bits per heavy atom. The maximum absolute atomic E-state index is 12.6. The van der Waals surface area contributed by atoms with E-state index >= 15 is 0 Å². The molecule has 0 saturated carbocycles. The molecule has 0 aliphatic rings. The summed E-state index contributed by atoms with van der Waals surface area (Å²) in [7, 11) is 0. The predicted molar refractivity (Wildman–Crippen MR) is 220 cm³/mol. The second-order valence-electron chi connectivity index (χ2n) is 14.7. The summed E-state index contributed by atoms with van der Waals surface area (Å²) in [5, 5.41) is 12.6. The molecule has 0 fully saturated rings. The summed E-state index contributed by atoms with van der Waals surface area (Å²) in [5.74, 6) is 2.44. The molecule has 3 aromatic carbocycles. The van der Waals surface area contributed by atoms with Crippen molar-refractivity contribution in [3.8, 4) is 22.3 Å². The van der Waals surface area contributed by atoms with Gasteiger partial charge < -0.3 is 49.6 Å². The fraction of sp³-hybridized carbons (Fsp3) is 0.333. The number of rotatable bonds is 11. The van der Waals surface area contributed by atoms with Gasteiger partial charge in [-0.3, -0.25) is 10.1 Å². The first kappa shape index (κ1) is 56.9. The van der Waals surface area contributed by atoms with E-state index in [0.717, 1.165) is 73.1 Å². The molecule has 5 rings (SSSR count). The van der Waals surface area contributed by atoms with E-state index in [1.807, 2.05) is 62.6 Å². The molecule has 5 aromatic rings. The van der Waals surface area contributed by atoms with Gasteiger partial charge in [-0.2, -0.15) is 0 Å². The zero-order chi connectivity index (χ0) is 37.9. The minimum Gasteiger partial charge on any atom is -1.00 e. The van der Waals surface area contributed by atoms with E-state index in [4.69, 9.17) is 0 Å². The molecule has 2 aromatic heterocycles. The van der Waals surface area contributed by atoms with Crippen LogP contribution in [0.5, 0.6) is 0 Å². The zero-order valence-electron chi connectivity index (χ0n) is 34.7. The molecule has 0 aliphatic heterocycles. The Labute approximate surface area is 390 Å². The molecule has 13 heteroatoms. The van der Waals surface area contributed by atoms with Crippen molar-refractivity contribution in [3.63, 3.8) is 0 Å². The van der Waals surface area contributed by atoms with E-state index in [0.29, 0.717) is 0 Å². The van der Waals surface area contributed by atoms with Crippen molar-refractivity contribution in [2.75, 3.05) is 0 Å². The van der Waals surface area contributed by atoms with Gasteiger partial charge in [0.05, 0.1) is 17.4 Å². The third kappa shape index (κ3) is 12.0. The van der Waals surface area contributed by atoms with Crippen molar-refractivity contribution in [1.82, 2.24) is 19.1 Å². The van der Waals surface area contributed by atoms with Crippen LogP contribution in [0.15, 0.2) is 85.2 Å². The molecule has 0 amide bonds. The molecule has 0 spiro atoms. The molecule has 0 radical (unpaired) electrons. The molecule has 0 bridgehead atoms. The molecule has 58 heavy (non-hydrogen) atoms. The number of nitrogens with zero attached hydrogens (tertiary/aromatic N) is 5. The second kappa shape index (κ2) is 24.8. The van der Waals surface area contributed by atoms with Crippen LogP contribution in [0.2, 0.25) is 0 Å². The quantitative estimate of drug-likeness (QED) is 0.0633. The van der Waals surface area contributed by atoms with Gasteiger partial charge in [0, 0.05) is 79.5 Å². The third-order valence-electron chi connectivity index (χ3n) is 9.84. The smallest absolute Gasteiger partial charge is 0.327 e. The van der Waals surface area contributed by atoms with Gasteiger partial charge in [-0.1, -0.05) is 67.5 Å². The van der Waals surface area contributed by atoms with Crippen LogP contribution in [-0.4, -0.2) is 27.3 Å². The van der Waals surface area contributed by atoms with Gasteiger partial charge >= 0.3 is 11.6 Å². The normalized spacial score (nSPS) is 11.2. The van der Waals surface area contributed by atoms with Crippen molar-refractivity contribution < 1.29 is 87.5 Å². The summed E-state index contributed by atoms with van der Waals surface area (Å²) in [6.45, 7) is 23.8. The Bertz CT molecular complexity index is 1980. The molecule has 0 N–H and O–H groups in total. The largest absolute Gasteiger partial charge is 1.00 e. The third-order valence-corrected chi connectivity index (χ3v) is 9.84. The van der Waals surface area contributed by atoms with Crippen LogP contribution in [-0.2, 0) is 33.0 Å². The zero-order valence-corrected chi connectivity index (χ0v) is 39.7. The molecular weight excluding hydrogens is 902 g/mol. The molecule has 0 unspecified atom stereocenters. The van der Waals surface area contributed by atoms with E-state index in [2.05, 4.69) is 118 Å². The van der Waals surface area contributed by atoms with Crippen LogP contribution in [0.1, 0.15) is 121 Å². The van der Waals surface area contributed by atoms with Gasteiger partial charge in [-0.05, 0) is 119 Å². The number of hydrogen-bond acceptors (Lipinski definition) is 4. The van der Waals surface area contributed by atoms with E-state index < -0.39 is 0 Å². The Morgan fingerprint density at radius 2 is 0.862 bits per heavy atom. The van der Waals surface area contributed by atoms with E-state index in [-0.39, 0.29) is 117 Å². The Hall–Kier alpha value is -3.15. The van der Waals surface area contributed by atoms with E-state index in [1.54, 1.807) is 12.1 Å².